The van der Waals surface area contributed by atoms with Gasteiger partial charge in [-0.05, 0) is 30.3 Å². The Kier molecular flexibility index (Phi) is 4.56. The van der Waals surface area contributed by atoms with Crippen LogP contribution in [0.1, 0.15) is 12.5 Å². The Hall–Kier alpha value is -2.82. The van der Waals surface area contributed by atoms with E-state index >= 15 is 0 Å². The predicted octanol–water partition coefficient (Wildman–Crippen LogP) is 3.11. The maximum Gasteiger partial charge on any atom is 0.221 e. The number of carbonyl (C=O) groups excluding carboxylic acids is 1. The summed E-state index contributed by atoms with van der Waals surface area (Å²) in [6.07, 6.45) is 1.55. The van der Waals surface area contributed by atoms with Crippen molar-refractivity contribution < 1.29 is 14.6 Å². The predicted molar refractivity (Wildman–Crippen MR) is 82.7 cm³/mol. The standard InChI is InChI=1S/C16H16N2O3/c1-11(19)18-14-7-4-6-13(9-14)17-10-12-5-3-8-15(21-2)16(12)20/h3-10,20H,1-2H3,(H,18,19). The number of ether oxygens (including phenoxy) is 1. The number of anilines is 1. The molecule has 5 heteroatoms. The molecule has 1 amide bonds. The second kappa shape index (κ2) is 6.56. The molecule has 2 aromatic carbocycles. The van der Waals surface area contributed by atoms with Crippen molar-refractivity contribution in [3.8, 4) is 11.5 Å². The fourth-order valence-electron chi connectivity index (χ4n) is 1.82. The number of aliphatic imine (C=N–C) groups is 1. The third kappa shape index (κ3) is 3.82. The summed E-state index contributed by atoms with van der Waals surface area (Å²) in [4.78, 5) is 15.3. The molecule has 0 saturated heterocycles. The van der Waals surface area contributed by atoms with Crippen LogP contribution in [0.5, 0.6) is 11.5 Å². The van der Waals surface area contributed by atoms with Crippen LogP contribution in [-0.4, -0.2) is 24.3 Å². The van der Waals surface area contributed by atoms with E-state index in [0.717, 1.165) is 0 Å². The number of phenols is 1. The van der Waals surface area contributed by atoms with Crippen molar-refractivity contribution in [3.63, 3.8) is 0 Å². The van der Waals surface area contributed by atoms with Gasteiger partial charge in [0, 0.05) is 24.4 Å². The Balaban J connectivity index is 2.23. The van der Waals surface area contributed by atoms with E-state index in [1.807, 2.05) is 0 Å². The SMILES string of the molecule is COc1cccc(C=Nc2cccc(NC(C)=O)c2)c1O. The van der Waals surface area contributed by atoms with E-state index in [0.29, 0.717) is 22.7 Å². The Morgan fingerprint density at radius 2 is 2.05 bits per heavy atom. The van der Waals surface area contributed by atoms with E-state index in [2.05, 4.69) is 10.3 Å². The molecule has 0 atom stereocenters. The van der Waals surface area contributed by atoms with Gasteiger partial charge in [-0.1, -0.05) is 12.1 Å². The van der Waals surface area contributed by atoms with Gasteiger partial charge in [0.2, 0.25) is 5.91 Å². The van der Waals surface area contributed by atoms with E-state index < -0.39 is 0 Å². The van der Waals surface area contributed by atoms with Crippen LogP contribution < -0.4 is 10.1 Å². The molecule has 0 fully saturated rings. The summed E-state index contributed by atoms with van der Waals surface area (Å²) in [5.41, 5.74) is 1.90. The van der Waals surface area contributed by atoms with Crippen molar-refractivity contribution in [1.82, 2.24) is 0 Å². The molecule has 2 N–H and O–H groups in total. The number of nitrogens with one attached hydrogen (secondary N) is 1. The fourth-order valence-corrected chi connectivity index (χ4v) is 1.82. The summed E-state index contributed by atoms with van der Waals surface area (Å²) in [5, 5.41) is 12.7. The number of phenolic OH excluding ortho intramolecular Hbond substituents is 1. The monoisotopic (exact) mass is 284 g/mol. The Labute approximate surface area is 122 Å². The molecule has 0 unspecified atom stereocenters. The second-order valence-corrected chi connectivity index (χ2v) is 4.39. The van der Waals surface area contributed by atoms with Crippen molar-refractivity contribution in [2.24, 2.45) is 4.99 Å². The van der Waals surface area contributed by atoms with E-state index in [9.17, 15) is 9.90 Å². The first-order valence-electron chi connectivity index (χ1n) is 6.38. The zero-order chi connectivity index (χ0) is 15.2. The lowest BCUT2D eigenvalue weighted by molar-refractivity contribution is -0.114. The first-order chi connectivity index (χ1) is 10.1. The van der Waals surface area contributed by atoms with Crippen LogP contribution in [0.25, 0.3) is 0 Å². The highest BCUT2D eigenvalue weighted by Crippen LogP contribution is 2.28. The van der Waals surface area contributed by atoms with E-state index in [1.54, 1.807) is 48.7 Å². The number of amides is 1. The van der Waals surface area contributed by atoms with Crippen molar-refractivity contribution in [2.75, 3.05) is 12.4 Å². The van der Waals surface area contributed by atoms with E-state index in [-0.39, 0.29) is 11.7 Å². The number of aromatic hydroxyl groups is 1. The first kappa shape index (κ1) is 14.6. The molecule has 0 heterocycles. The minimum absolute atomic E-state index is 0.0433. The Bertz CT molecular complexity index is 681. The van der Waals surface area contributed by atoms with Crippen molar-refractivity contribution in [2.45, 2.75) is 6.92 Å². The summed E-state index contributed by atoms with van der Waals surface area (Å²) in [7, 11) is 1.49. The number of benzene rings is 2. The smallest absolute Gasteiger partial charge is 0.221 e. The van der Waals surface area contributed by atoms with Gasteiger partial charge in [-0.3, -0.25) is 9.79 Å². The lowest BCUT2D eigenvalue weighted by Gasteiger charge is -2.05. The number of nitrogens with zero attached hydrogens (tertiary/aromatic N) is 1. The lowest BCUT2D eigenvalue weighted by Crippen LogP contribution is -2.05. The fraction of sp³-hybridized carbons (Fsp3) is 0.125. The summed E-state index contributed by atoms with van der Waals surface area (Å²) in [6, 6.07) is 12.3. The summed E-state index contributed by atoms with van der Waals surface area (Å²) >= 11 is 0. The number of para-hydroxylation sites is 1. The highest BCUT2D eigenvalue weighted by molar-refractivity contribution is 5.90. The van der Waals surface area contributed by atoms with Gasteiger partial charge in [-0.2, -0.15) is 0 Å². The topological polar surface area (TPSA) is 70.9 Å². The molecule has 2 rings (SSSR count). The van der Waals surface area contributed by atoms with Gasteiger partial charge < -0.3 is 15.2 Å². The zero-order valence-electron chi connectivity index (χ0n) is 11.8. The van der Waals surface area contributed by atoms with Crippen molar-refractivity contribution in [1.29, 1.82) is 0 Å². The molecule has 5 nitrogen and oxygen atoms in total. The Morgan fingerprint density at radius 3 is 2.76 bits per heavy atom. The largest absolute Gasteiger partial charge is 0.504 e. The first-order valence-corrected chi connectivity index (χ1v) is 6.38. The van der Waals surface area contributed by atoms with Crippen molar-refractivity contribution >= 4 is 23.5 Å². The summed E-state index contributed by atoms with van der Waals surface area (Å²) < 4.78 is 5.04. The van der Waals surface area contributed by atoms with Crippen LogP contribution in [0.15, 0.2) is 47.5 Å². The molecule has 2 aromatic rings. The van der Waals surface area contributed by atoms with Gasteiger partial charge in [0.05, 0.1) is 12.8 Å². The molecule has 0 aliphatic rings. The van der Waals surface area contributed by atoms with Gasteiger partial charge in [0.15, 0.2) is 11.5 Å². The van der Waals surface area contributed by atoms with Crippen LogP contribution >= 0.6 is 0 Å². The minimum atomic E-state index is -0.137. The van der Waals surface area contributed by atoms with Gasteiger partial charge in [-0.15, -0.1) is 0 Å². The maximum atomic E-state index is 11.0. The van der Waals surface area contributed by atoms with Crippen LogP contribution in [0.4, 0.5) is 11.4 Å². The highest BCUT2D eigenvalue weighted by atomic mass is 16.5. The zero-order valence-corrected chi connectivity index (χ0v) is 11.8. The second-order valence-electron chi connectivity index (χ2n) is 4.39. The molecule has 21 heavy (non-hydrogen) atoms. The Morgan fingerprint density at radius 1 is 1.29 bits per heavy atom. The minimum Gasteiger partial charge on any atom is -0.504 e. The number of carbonyl (C=O) groups is 1. The highest BCUT2D eigenvalue weighted by Gasteiger charge is 2.04. The van der Waals surface area contributed by atoms with Crippen molar-refractivity contribution in [3.05, 3.63) is 48.0 Å². The van der Waals surface area contributed by atoms with Crippen LogP contribution in [0.2, 0.25) is 0 Å². The average molecular weight is 284 g/mol. The number of hydrogen-bond donors (Lipinski definition) is 2. The van der Waals surface area contributed by atoms with Gasteiger partial charge in [-0.25, -0.2) is 0 Å². The quantitative estimate of drug-likeness (QED) is 0.847. The molecular formula is C16H16N2O3. The molecule has 0 bridgehead atoms. The summed E-state index contributed by atoms with van der Waals surface area (Å²) in [5.74, 6) is 0.300. The number of methoxy groups -OCH3 is 1. The molecule has 0 radical (unpaired) electrons. The van der Waals surface area contributed by atoms with Crippen LogP contribution in [-0.2, 0) is 4.79 Å². The summed E-state index contributed by atoms with van der Waals surface area (Å²) in [6.45, 7) is 1.45. The number of rotatable bonds is 4. The number of hydrogen-bond acceptors (Lipinski definition) is 4. The molecule has 0 aliphatic carbocycles. The molecule has 0 spiro atoms. The normalized spacial score (nSPS) is 10.6. The van der Waals surface area contributed by atoms with Crippen LogP contribution in [0, 0.1) is 0 Å². The molecule has 0 aromatic heterocycles. The van der Waals surface area contributed by atoms with Gasteiger partial charge in [0.25, 0.3) is 0 Å². The maximum absolute atomic E-state index is 11.0. The van der Waals surface area contributed by atoms with E-state index in [1.165, 1.54) is 14.0 Å². The van der Waals surface area contributed by atoms with Gasteiger partial charge in [0.1, 0.15) is 0 Å². The average Bonchev–Trinajstić information content (AvgIpc) is 2.46. The molecule has 108 valence electrons. The third-order valence-corrected chi connectivity index (χ3v) is 2.77. The molecular weight excluding hydrogens is 268 g/mol. The lowest BCUT2D eigenvalue weighted by atomic mass is 10.2. The van der Waals surface area contributed by atoms with Crippen LogP contribution in [0.3, 0.4) is 0 Å². The molecule has 0 saturated carbocycles. The molecule has 0 aliphatic heterocycles. The third-order valence-electron chi connectivity index (χ3n) is 2.77. The van der Waals surface area contributed by atoms with E-state index in [4.69, 9.17) is 4.74 Å². The van der Waals surface area contributed by atoms with Gasteiger partial charge >= 0.3 is 0 Å².